The topological polar surface area (TPSA) is 118 Å². The Hall–Kier alpha value is -5.16. The lowest BCUT2D eigenvalue weighted by Crippen LogP contribution is -2.38. The van der Waals surface area contributed by atoms with Crippen LogP contribution in [0.15, 0.2) is 100 Å². The van der Waals surface area contributed by atoms with Crippen LogP contribution in [0.3, 0.4) is 0 Å². The molecule has 0 saturated carbocycles. The summed E-state index contributed by atoms with van der Waals surface area (Å²) in [5.74, 6) is 0.776. The van der Waals surface area contributed by atoms with Crippen molar-refractivity contribution in [2.75, 3.05) is 24.9 Å². The molecule has 2 aromatic heterocycles. The fourth-order valence-electron chi connectivity index (χ4n) is 5.86. The van der Waals surface area contributed by atoms with Gasteiger partial charge in [0.15, 0.2) is 0 Å². The minimum absolute atomic E-state index is 0.0427. The zero-order valence-corrected chi connectivity index (χ0v) is 25.1. The first-order valence-electron chi connectivity index (χ1n) is 14.5. The summed E-state index contributed by atoms with van der Waals surface area (Å²) in [5, 5.41) is 1.71. The number of amides is 1. The number of fused-ring (bicyclic) bond motifs is 3. The van der Waals surface area contributed by atoms with E-state index in [1.165, 1.54) is 31.4 Å². The SMILES string of the molecule is COc1cc2c(cc1NS(=O)(=O)c1cccc(C(=O)N3CCC(c4ncc(-c5ccc(F)cc5)[nH]4)CC3)c1)oc1ccccc12. The van der Waals surface area contributed by atoms with Crippen LogP contribution in [0, 0.1) is 5.82 Å². The number of para-hydroxylation sites is 1. The molecule has 1 aliphatic heterocycles. The highest BCUT2D eigenvalue weighted by atomic mass is 32.2. The number of nitrogens with one attached hydrogen (secondary N) is 2. The zero-order valence-electron chi connectivity index (χ0n) is 24.3. The molecule has 1 amide bonds. The minimum Gasteiger partial charge on any atom is -0.495 e. The first-order chi connectivity index (χ1) is 21.8. The lowest BCUT2D eigenvalue weighted by molar-refractivity contribution is 0.0711. The molecule has 9 nitrogen and oxygen atoms in total. The standard InChI is InChI=1S/C34H29FN4O5S/c1-43-32-18-27-26-7-2-3-8-30(26)44-31(27)19-28(32)38-45(41,42)25-6-4-5-23(17-25)34(40)39-15-13-22(14-16-39)33-36-20-29(37-33)21-9-11-24(35)12-10-21/h2-12,17-20,22,38H,13-16H2,1H3,(H,36,37). The number of H-pyrrole nitrogens is 1. The van der Waals surface area contributed by atoms with Crippen LogP contribution < -0.4 is 9.46 Å². The van der Waals surface area contributed by atoms with Crippen LogP contribution in [0.25, 0.3) is 33.2 Å². The lowest BCUT2D eigenvalue weighted by atomic mass is 9.95. The van der Waals surface area contributed by atoms with E-state index in [9.17, 15) is 17.6 Å². The fraction of sp³-hybridized carbons (Fsp3) is 0.176. The average Bonchev–Trinajstić information content (AvgIpc) is 3.69. The number of halogens is 1. The number of carbonyl (C=O) groups is 1. The van der Waals surface area contributed by atoms with Gasteiger partial charge in [0.1, 0.15) is 28.6 Å². The van der Waals surface area contributed by atoms with Crippen molar-refractivity contribution in [2.45, 2.75) is 23.7 Å². The highest BCUT2D eigenvalue weighted by molar-refractivity contribution is 7.92. The molecule has 228 valence electrons. The number of furan rings is 1. The van der Waals surface area contributed by atoms with Crippen molar-refractivity contribution in [1.82, 2.24) is 14.9 Å². The number of sulfonamides is 1. The third kappa shape index (κ3) is 5.51. The van der Waals surface area contributed by atoms with Gasteiger partial charge in [-0.25, -0.2) is 17.8 Å². The molecule has 2 N–H and O–H groups in total. The number of hydrogen-bond donors (Lipinski definition) is 2. The second kappa shape index (κ2) is 11.4. The van der Waals surface area contributed by atoms with Crippen LogP contribution in [0.4, 0.5) is 10.1 Å². The summed E-state index contributed by atoms with van der Waals surface area (Å²) in [7, 11) is -2.60. The van der Waals surface area contributed by atoms with Crippen molar-refractivity contribution in [1.29, 1.82) is 0 Å². The molecule has 3 heterocycles. The molecular weight excluding hydrogens is 595 g/mol. The second-order valence-electron chi connectivity index (χ2n) is 11.0. The number of aromatic amines is 1. The van der Waals surface area contributed by atoms with E-state index in [1.54, 1.807) is 47.5 Å². The number of methoxy groups -OCH3 is 1. The zero-order chi connectivity index (χ0) is 31.1. The Morgan fingerprint density at radius 1 is 0.978 bits per heavy atom. The molecule has 0 bridgehead atoms. The van der Waals surface area contributed by atoms with E-state index in [4.69, 9.17) is 9.15 Å². The monoisotopic (exact) mass is 624 g/mol. The molecule has 0 spiro atoms. The molecule has 11 heteroatoms. The third-order valence-corrected chi connectivity index (χ3v) is 9.62. The Morgan fingerprint density at radius 3 is 2.53 bits per heavy atom. The minimum atomic E-state index is -4.07. The van der Waals surface area contributed by atoms with E-state index in [2.05, 4.69) is 14.7 Å². The van der Waals surface area contributed by atoms with Crippen LogP contribution >= 0.6 is 0 Å². The lowest BCUT2D eigenvalue weighted by Gasteiger charge is -2.31. The Balaban J connectivity index is 1.05. The van der Waals surface area contributed by atoms with E-state index in [0.717, 1.165) is 27.9 Å². The highest BCUT2D eigenvalue weighted by Crippen LogP contribution is 2.37. The third-order valence-electron chi connectivity index (χ3n) is 8.25. The molecule has 0 unspecified atom stereocenters. The Bertz CT molecular complexity index is 2150. The number of carbonyl (C=O) groups excluding carboxylic acids is 1. The largest absolute Gasteiger partial charge is 0.495 e. The number of aromatic nitrogens is 2. The van der Waals surface area contributed by atoms with Gasteiger partial charge in [-0.15, -0.1) is 0 Å². The van der Waals surface area contributed by atoms with Crippen molar-refractivity contribution >= 4 is 43.6 Å². The summed E-state index contributed by atoms with van der Waals surface area (Å²) >= 11 is 0. The number of nitrogens with zero attached hydrogens (tertiary/aromatic N) is 2. The van der Waals surface area contributed by atoms with Crippen LogP contribution in [0.1, 0.15) is 34.9 Å². The van der Waals surface area contributed by atoms with Crippen LogP contribution in [0.2, 0.25) is 0 Å². The maximum Gasteiger partial charge on any atom is 0.262 e. The summed E-state index contributed by atoms with van der Waals surface area (Å²) in [4.78, 5) is 23.0. The van der Waals surface area contributed by atoms with Crippen molar-refractivity contribution in [3.05, 3.63) is 108 Å². The summed E-state index contributed by atoms with van der Waals surface area (Å²) in [5.41, 5.74) is 3.37. The van der Waals surface area contributed by atoms with Crippen LogP contribution in [-0.2, 0) is 10.0 Å². The van der Waals surface area contributed by atoms with Crippen molar-refractivity contribution in [3.63, 3.8) is 0 Å². The van der Waals surface area contributed by atoms with Gasteiger partial charge in [-0.2, -0.15) is 0 Å². The number of piperidine rings is 1. The molecule has 7 rings (SSSR count). The normalized spacial score (nSPS) is 14.2. The van der Waals surface area contributed by atoms with Crippen LogP contribution in [-0.4, -0.2) is 49.4 Å². The van der Waals surface area contributed by atoms with Gasteiger partial charge < -0.3 is 19.0 Å². The maximum absolute atomic E-state index is 13.5. The first kappa shape index (κ1) is 28.6. The van der Waals surface area contributed by atoms with Gasteiger partial charge in [0.25, 0.3) is 15.9 Å². The predicted molar refractivity (Wildman–Crippen MR) is 169 cm³/mol. The molecular formula is C34H29FN4O5S. The highest BCUT2D eigenvalue weighted by Gasteiger charge is 2.27. The van der Waals surface area contributed by atoms with Gasteiger partial charge in [0.05, 0.1) is 29.6 Å². The van der Waals surface area contributed by atoms with Gasteiger partial charge in [-0.3, -0.25) is 9.52 Å². The number of anilines is 1. The quantitative estimate of drug-likeness (QED) is 0.199. The Labute approximate surface area is 258 Å². The van der Waals surface area contributed by atoms with Gasteiger partial charge in [0, 0.05) is 41.4 Å². The van der Waals surface area contributed by atoms with E-state index in [0.29, 0.717) is 42.8 Å². The number of hydrogen-bond acceptors (Lipinski definition) is 6. The van der Waals surface area contributed by atoms with Gasteiger partial charge in [0.2, 0.25) is 0 Å². The summed E-state index contributed by atoms with van der Waals surface area (Å²) in [6, 6.07) is 23.2. The van der Waals surface area contributed by atoms with Gasteiger partial charge in [-0.05, 0) is 73.0 Å². The molecule has 4 aromatic carbocycles. The Morgan fingerprint density at radius 2 is 1.76 bits per heavy atom. The smallest absolute Gasteiger partial charge is 0.262 e. The molecule has 0 aliphatic carbocycles. The maximum atomic E-state index is 13.5. The van der Waals surface area contributed by atoms with Crippen molar-refractivity contribution in [2.24, 2.45) is 0 Å². The first-order valence-corrected chi connectivity index (χ1v) is 16.0. The predicted octanol–water partition coefficient (Wildman–Crippen LogP) is 6.94. The van der Waals surface area contributed by atoms with Gasteiger partial charge >= 0.3 is 0 Å². The van der Waals surface area contributed by atoms with Crippen molar-refractivity contribution < 1.29 is 26.8 Å². The molecule has 6 aromatic rings. The van der Waals surface area contributed by atoms with Crippen molar-refractivity contribution in [3.8, 4) is 17.0 Å². The molecule has 1 saturated heterocycles. The van der Waals surface area contributed by atoms with Gasteiger partial charge in [-0.1, -0.05) is 24.3 Å². The number of likely N-dealkylation sites (tertiary alicyclic amines) is 1. The Kier molecular flexibility index (Phi) is 7.25. The molecule has 1 fully saturated rings. The number of imidazole rings is 1. The molecule has 0 atom stereocenters. The van der Waals surface area contributed by atoms with E-state index >= 15 is 0 Å². The van der Waals surface area contributed by atoms with E-state index in [-0.39, 0.29) is 33.8 Å². The van der Waals surface area contributed by atoms with Crippen LogP contribution in [0.5, 0.6) is 5.75 Å². The number of rotatable bonds is 7. The van der Waals surface area contributed by atoms with E-state index < -0.39 is 10.0 Å². The summed E-state index contributed by atoms with van der Waals surface area (Å²) < 4.78 is 54.4. The second-order valence-corrected chi connectivity index (χ2v) is 12.7. The summed E-state index contributed by atoms with van der Waals surface area (Å²) in [6.45, 7) is 1.00. The average molecular weight is 625 g/mol. The summed E-state index contributed by atoms with van der Waals surface area (Å²) in [6.07, 6.45) is 3.14. The molecule has 1 aliphatic rings. The number of benzene rings is 4. The molecule has 0 radical (unpaired) electrons. The molecule has 45 heavy (non-hydrogen) atoms. The number of ether oxygens (including phenoxy) is 1. The fourth-order valence-corrected chi connectivity index (χ4v) is 6.97. The van der Waals surface area contributed by atoms with E-state index in [1.807, 2.05) is 24.3 Å².